The molecule has 0 atom stereocenters. The van der Waals surface area contributed by atoms with E-state index < -0.39 is 0 Å². The van der Waals surface area contributed by atoms with Gasteiger partial charge in [-0.25, -0.2) is 0 Å². The van der Waals surface area contributed by atoms with Gasteiger partial charge < -0.3 is 0 Å². The van der Waals surface area contributed by atoms with E-state index in [0.717, 1.165) is 0 Å². The third-order valence-corrected chi connectivity index (χ3v) is 8.22. The van der Waals surface area contributed by atoms with E-state index in [4.69, 9.17) is 0 Å². The first-order valence-electron chi connectivity index (χ1n) is 13.8. The predicted molar refractivity (Wildman–Crippen MR) is 173 cm³/mol. The maximum Gasteiger partial charge on any atom is -0.00992 e. The quantitative estimate of drug-likeness (QED) is 0.209. The molecule has 0 N–H and O–H groups in total. The van der Waals surface area contributed by atoms with Crippen LogP contribution in [0.4, 0.5) is 0 Å². The van der Waals surface area contributed by atoms with Gasteiger partial charge in [0.05, 0.1) is 0 Å². The monoisotopic (exact) mass is 506 g/mol. The highest BCUT2D eigenvalue weighted by atomic mass is 14.1. The van der Waals surface area contributed by atoms with Gasteiger partial charge in [0.15, 0.2) is 0 Å². The Bertz CT molecular complexity index is 2060. The lowest BCUT2D eigenvalue weighted by molar-refractivity contribution is 1.59. The van der Waals surface area contributed by atoms with Gasteiger partial charge in [-0.3, -0.25) is 0 Å². The van der Waals surface area contributed by atoms with E-state index in [1.165, 1.54) is 76.5 Å². The van der Waals surface area contributed by atoms with Crippen molar-refractivity contribution in [1.29, 1.82) is 0 Å². The van der Waals surface area contributed by atoms with Gasteiger partial charge in [-0.15, -0.1) is 0 Å². The molecule has 0 saturated heterocycles. The summed E-state index contributed by atoms with van der Waals surface area (Å²) in [5, 5.41) is 10.3. The maximum absolute atomic E-state index is 2.34. The number of fused-ring (bicyclic) bond motifs is 6. The first-order valence-corrected chi connectivity index (χ1v) is 13.8. The van der Waals surface area contributed by atoms with E-state index in [9.17, 15) is 0 Å². The Kier molecular flexibility index (Phi) is 5.24. The zero-order valence-corrected chi connectivity index (χ0v) is 22.0. The molecule has 0 saturated carbocycles. The molecule has 8 aromatic carbocycles. The largest absolute Gasteiger partial charge is 0.0616 e. The van der Waals surface area contributed by atoms with Gasteiger partial charge in [0, 0.05) is 0 Å². The first-order chi connectivity index (χ1) is 19.8. The van der Waals surface area contributed by atoms with Gasteiger partial charge in [-0.05, 0) is 101 Å². The lowest BCUT2D eigenvalue weighted by atomic mass is 9.93. The molecule has 186 valence electrons. The highest BCUT2D eigenvalue weighted by Gasteiger charge is 2.08. The topological polar surface area (TPSA) is 0 Å². The summed E-state index contributed by atoms with van der Waals surface area (Å²) in [5.74, 6) is 0. The van der Waals surface area contributed by atoms with Crippen LogP contribution in [0.3, 0.4) is 0 Å². The van der Waals surface area contributed by atoms with Crippen molar-refractivity contribution < 1.29 is 0 Å². The highest BCUT2D eigenvalue weighted by Crippen LogP contribution is 2.34. The van der Waals surface area contributed by atoms with E-state index in [-0.39, 0.29) is 0 Å². The Morgan fingerprint density at radius 2 is 0.525 bits per heavy atom. The van der Waals surface area contributed by atoms with Crippen molar-refractivity contribution in [1.82, 2.24) is 0 Å². The number of benzene rings is 8. The van der Waals surface area contributed by atoms with E-state index in [2.05, 4.69) is 158 Å². The summed E-state index contributed by atoms with van der Waals surface area (Å²) in [6, 6.07) is 57.6. The lowest BCUT2D eigenvalue weighted by Gasteiger charge is -2.11. The Morgan fingerprint density at radius 3 is 0.950 bits per heavy atom. The fourth-order valence-electron chi connectivity index (χ4n) is 6.12. The van der Waals surface area contributed by atoms with E-state index in [0.29, 0.717) is 0 Å². The molecule has 0 fully saturated rings. The van der Waals surface area contributed by atoms with Crippen LogP contribution in [0.1, 0.15) is 0 Å². The Balaban J connectivity index is 1.20. The summed E-state index contributed by atoms with van der Waals surface area (Å²) in [7, 11) is 0. The normalized spacial score (nSPS) is 11.5. The molecule has 0 aliphatic rings. The zero-order valence-electron chi connectivity index (χ0n) is 22.0. The maximum atomic E-state index is 2.34. The molecule has 0 heterocycles. The van der Waals surface area contributed by atoms with Crippen LogP contribution in [0.2, 0.25) is 0 Å². The van der Waals surface area contributed by atoms with Gasteiger partial charge in [-0.2, -0.15) is 0 Å². The van der Waals surface area contributed by atoms with Crippen LogP contribution in [-0.2, 0) is 0 Å². The van der Waals surface area contributed by atoms with Crippen molar-refractivity contribution in [3.63, 3.8) is 0 Å². The van der Waals surface area contributed by atoms with Crippen molar-refractivity contribution in [2.45, 2.75) is 0 Å². The zero-order chi connectivity index (χ0) is 26.5. The SMILES string of the molecule is c1cc(-c2cccc(-c3ccc4ccc5ccccc5c4c3)c2)cc(-c2ccc3ccc4ccccc4c3c2)c1. The molecule has 0 unspecified atom stereocenters. The van der Waals surface area contributed by atoms with Gasteiger partial charge in [0.2, 0.25) is 0 Å². The predicted octanol–water partition coefficient (Wildman–Crippen LogP) is 11.3. The van der Waals surface area contributed by atoms with Crippen LogP contribution in [0.5, 0.6) is 0 Å². The van der Waals surface area contributed by atoms with Crippen LogP contribution in [-0.4, -0.2) is 0 Å². The van der Waals surface area contributed by atoms with Crippen molar-refractivity contribution in [2.24, 2.45) is 0 Å². The standard InChI is InChI=1S/C40H26/c1-3-13-37-27(7-1)15-17-29-19-21-35(25-39(29)37)33-11-5-9-31(23-33)32-10-6-12-34(24-32)36-22-20-30-18-16-28-8-2-4-14-38(28)40(30)26-36/h1-26H. The van der Waals surface area contributed by atoms with E-state index in [1.807, 2.05) is 0 Å². The summed E-state index contributed by atoms with van der Waals surface area (Å²) in [6.07, 6.45) is 0. The molecule has 0 heteroatoms. The Morgan fingerprint density at radius 1 is 0.200 bits per heavy atom. The molecule has 0 nitrogen and oxygen atoms in total. The average Bonchev–Trinajstić information content (AvgIpc) is 3.04. The fourth-order valence-corrected chi connectivity index (χ4v) is 6.12. The van der Waals surface area contributed by atoms with Crippen LogP contribution >= 0.6 is 0 Å². The third kappa shape index (κ3) is 3.85. The Labute approximate surface area is 233 Å². The molecule has 0 aliphatic carbocycles. The summed E-state index contributed by atoms with van der Waals surface area (Å²) in [6.45, 7) is 0. The minimum atomic E-state index is 1.23. The Hall–Kier alpha value is -5.20. The second-order valence-corrected chi connectivity index (χ2v) is 10.6. The fraction of sp³-hybridized carbons (Fsp3) is 0. The van der Waals surface area contributed by atoms with Crippen LogP contribution < -0.4 is 0 Å². The first kappa shape index (κ1) is 22.8. The molecular formula is C40H26. The summed E-state index contributed by atoms with van der Waals surface area (Å²) in [4.78, 5) is 0. The molecule has 0 aromatic heterocycles. The minimum Gasteiger partial charge on any atom is -0.0616 e. The molecule has 0 amide bonds. The molecule has 8 rings (SSSR count). The van der Waals surface area contributed by atoms with Crippen molar-refractivity contribution in [3.8, 4) is 33.4 Å². The number of hydrogen-bond acceptors (Lipinski definition) is 0. The second kappa shape index (κ2) is 9.22. The van der Waals surface area contributed by atoms with Gasteiger partial charge in [0.25, 0.3) is 0 Å². The van der Waals surface area contributed by atoms with Gasteiger partial charge in [0.1, 0.15) is 0 Å². The van der Waals surface area contributed by atoms with E-state index >= 15 is 0 Å². The van der Waals surface area contributed by atoms with Crippen molar-refractivity contribution >= 4 is 43.1 Å². The third-order valence-electron chi connectivity index (χ3n) is 8.22. The lowest BCUT2D eigenvalue weighted by Crippen LogP contribution is -1.85. The molecule has 0 aliphatic heterocycles. The van der Waals surface area contributed by atoms with Crippen LogP contribution in [0.15, 0.2) is 158 Å². The summed E-state index contributed by atoms with van der Waals surface area (Å²) < 4.78 is 0. The smallest absolute Gasteiger partial charge is 0.00992 e. The molecule has 0 bridgehead atoms. The summed E-state index contributed by atoms with van der Waals surface area (Å²) in [5.41, 5.74) is 7.39. The molecule has 0 radical (unpaired) electrons. The minimum absolute atomic E-state index is 1.23. The average molecular weight is 507 g/mol. The van der Waals surface area contributed by atoms with E-state index in [1.54, 1.807) is 0 Å². The molecule has 8 aromatic rings. The molecular weight excluding hydrogens is 480 g/mol. The van der Waals surface area contributed by atoms with Gasteiger partial charge >= 0.3 is 0 Å². The molecule has 0 spiro atoms. The summed E-state index contributed by atoms with van der Waals surface area (Å²) >= 11 is 0. The van der Waals surface area contributed by atoms with Crippen molar-refractivity contribution in [2.75, 3.05) is 0 Å². The highest BCUT2D eigenvalue weighted by molar-refractivity contribution is 6.09. The number of hydrogen-bond donors (Lipinski definition) is 0. The second-order valence-electron chi connectivity index (χ2n) is 10.6. The van der Waals surface area contributed by atoms with Crippen molar-refractivity contribution in [3.05, 3.63) is 158 Å². The van der Waals surface area contributed by atoms with Crippen LogP contribution in [0.25, 0.3) is 76.5 Å². The molecule has 40 heavy (non-hydrogen) atoms. The van der Waals surface area contributed by atoms with Crippen LogP contribution in [0, 0.1) is 0 Å². The van der Waals surface area contributed by atoms with Gasteiger partial charge in [-0.1, -0.05) is 133 Å². The number of rotatable bonds is 3.